The fourth-order valence-corrected chi connectivity index (χ4v) is 2.12. The highest BCUT2D eigenvalue weighted by molar-refractivity contribution is 6.32. The molecule has 0 unspecified atom stereocenters. The van der Waals surface area contributed by atoms with Crippen molar-refractivity contribution in [3.05, 3.63) is 50.2 Å². The van der Waals surface area contributed by atoms with E-state index in [0.29, 0.717) is 10.7 Å². The smallest absolute Gasteiger partial charge is 0.331 e. The molecule has 100 valence electrons. The molecular formula is C11H9Cl2N3O3. The number of aromatic nitrogens is 2. The minimum atomic E-state index is -0.579. The van der Waals surface area contributed by atoms with E-state index in [1.807, 2.05) is 0 Å². The van der Waals surface area contributed by atoms with Crippen LogP contribution in [-0.4, -0.2) is 21.8 Å². The van der Waals surface area contributed by atoms with Crippen molar-refractivity contribution >= 4 is 28.9 Å². The second-order valence-electron chi connectivity index (χ2n) is 3.67. The summed E-state index contributed by atoms with van der Waals surface area (Å²) in [4.78, 5) is 10.4. The molecule has 2 aromatic rings. The van der Waals surface area contributed by atoms with E-state index in [2.05, 4.69) is 5.10 Å². The summed E-state index contributed by atoms with van der Waals surface area (Å²) in [6.45, 7) is 0.00357. The summed E-state index contributed by atoms with van der Waals surface area (Å²) in [6.07, 6.45) is 0. The zero-order valence-electron chi connectivity index (χ0n) is 9.84. The highest BCUT2D eigenvalue weighted by atomic mass is 35.5. The number of methoxy groups -OCH3 is 1. The molecule has 1 heterocycles. The van der Waals surface area contributed by atoms with Crippen LogP contribution in [0.4, 0.5) is 5.69 Å². The molecule has 0 aliphatic heterocycles. The number of hydrogen-bond donors (Lipinski definition) is 0. The number of benzene rings is 1. The SMILES string of the molecule is COCc1nn(-c2cccc(Cl)c2)c(Cl)c1[N+](=O)[O-]. The van der Waals surface area contributed by atoms with Crippen molar-refractivity contribution in [3.8, 4) is 5.69 Å². The number of ether oxygens (including phenoxy) is 1. The molecule has 0 fully saturated rings. The van der Waals surface area contributed by atoms with Gasteiger partial charge in [0.05, 0.1) is 17.2 Å². The molecule has 1 aromatic heterocycles. The lowest BCUT2D eigenvalue weighted by Gasteiger charge is -2.02. The molecular weight excluding hydrogens is 293 g/mol. The van der Waals surface area contributed by atoms with E-state index in [0.717, 1.165) is 0 Å². The molecule has 8 heteroatoms. The number of hydrogen-bond acceptors (Lipinski definition) is 4. The van der Waals surface area contributed by atoms with Gasteiger partial charge in [-0.15, -0.1) is 0 Å². The van der Waals surface area contributed by atoms with Crippen LogP contribution in [0.5, 0.6) is 0 Å². The van der Waals surface area contributed by atoms with Crippen LogP contribution in [0.3, 0.4) is 0 Å². The predicted molar refractivity (Wildman–Crippen MR) is 71.0 cm³/mol. The van der Waals surface area contributed by atoms with E-state index in [-0.39, 0.29) is 23.1 Å². The summed E-state index contributed by atoms with van der Waals surface area (Å²) < 4.78 is 6.15. The Labute approximate surface area is 118 Å². The molecule has 6 nitrogen and oxygen atoms in total. The maximum atomic E-state index is 11.0. The lowest BCUT2D eigenvalue weighted by Crippen LogP contribution is -1.98. The molecule has 0 aliphatic rings. The van der Waals surface area contributed by atoms with Crippen molar-refractivity contribution in [1.82, 2.24) is 9.78 Å². The molecule has 0 atom stereocenters. The van der Waals surface area contributed by atoms with Crippen LogP contribution in [0.1, 0.15) is 5.69 Å². The lowest BCUT2D eigenvalue weighted by atomic mass is 10.3. The van der Waals surface area contributed by atoms with Gasteiger partial charge in [0.2, 0.25) is 5.15 Å². The second-order valence-corrected chi connectivity index (χ2v) is 4.46. The molecule has 0 aliphatic carbocycles. The molecule has 0 radical (unpaired) electrons. The molecule has 1 aromatic carbocycles. The summed E-state index contributed by atoms with van der Waals surface area (Å²) in [6, 6.07) is 6.70. The Balaban J connectivity index is 2.59. The zero-order valence-corrected chi connectivity index (χ0v) is 11.4. The number of nitro groups is 1. The molecule has 19 heavy (non-hydrogen) atoms. The number of rotatable bonds is 4. The van der Waals surface area contributed by atoms with Crippen LogP contribution < -0.4 is 0 Å². The lowest BCUT2D eigenvalue weighted by molar-refractivity contribution is -0.385. The van der Waals surface area contributed by atoms with Gasteiger partial charge >= 0.3 is 5.69 Å². The Bertz CT molecular complexity index is 628. The summed E-state index contributed by atoms with van der Waals surface area (Å²) in [7, 11) is 1.43. The topological polar surface area (TPSA) is 70.2 Å². The van der Waals surface area contributed by atoms with Crippen molar-refractivity contribution in [2.24, 2.45) is 0 Å². The molecule has 0 bridgehead atoms. The van der Waals surface area contributed by atoms with Gasteiger partial charge in [-0.05, 0) is 18.2 Å². The first-order valence-electron chi connectivity index (χ1n) is 5.21. The largest absolute Gasteiger partial charge is 0.378 e. The van der Waals surface area contributed by atoms with Crippen LogP contribution in [0, 0.1) is 10.1 Å². The van der Waals surface area contributed by atoms with Gasteiger partial charge in [-0.2, -0.15) is 5.10 Å². The van der Waals surface area contributed by atoms with Crippen molar-refractivity contribution in [2.75, 3.05) is 7.11 Å². The molecule has 0 saturated carbocycles. The first-order chi connectivity index (χ1) is 9.04. The summed E-state index contributed by atoms with van der Waals surface area (Å²) in [5.74, 6) is 0. The average molecular weight is 302 g/mol. The van der Waals surface area contributed by atoms with Gasteiger partial charge < -0.3 is 4.74 Å². The van der Waals surface area contributed by atoms with Gasteiger partial charge in [0, 0.05) is 12.1 Å². The van der Waals surface area contributed by atoms with Gasteiger partial charge in [-0.3, -0.25) is 10.1 Å². The van der Waals surface area contributed by atoms with Crippen LogP contribution in [0.25, 0.3) is 5.69 Å². The summed E-state index contributed by atoms with van der Waals surface area (Å²) >= 11 is 11.9. The maximum Gasteiger partial charge on any atom is 0.331 e. The Morgan fingerprint density at radius 1 is 1.47 bits per heavy atom. The van der Waals surface area contributed by atoms with Crippen molar-refractivity contribution in [3.63, 3.8) is 0 Å². The van der Waals surface area contributed by atoms with Gasteiger partial charge in [-0.1, -0.05) is 29.3 Å². The van der Waals surface area contributed by atoms with Crippen molar-refractivity contribution < 1.29 is 9.66 Å². The standard InChI is InChI=1S/C11H9Cl2N3O3/c1-19-6-9-10(16(17)18)11(13)15(14-9)8-4-2-3-7(12)5-8/h2-5H,6H2,1H3. The van der Waals surface area contributed by atoms with E-state index in [9.17, 15) is 10.1 Å². The normalized spacial score (nSPS) is 10.7. The molecule has 0 spiro atoms. The van der Waals surface area contributed by atoms with Crippen molar-refractivity contribution in [2.45, 2.75) is 6.61 Å². The Morgan fingerprint density at radius 3 is 2.79 bits per heavy atom. The third-order valence-electron chi connectivity index (χ3n) is 2.39. The van der Waals surface area contributed by atoms with Gasteiger partial charge in [-0.25, -0.2) is 4.68 Å². The van der Waals surface area contributed by atoms with Crippen molar-refractivity contribution in [1.29, 1.82) is 0 Å². The predicted octanol–water partition coefficient (Wildman–Crippen LogP) is 3.23. The first kappa shape index (κ1) is 13.8. The quantitative estimate of drug-likeness (QED) is 0.642. The third-order valence-corrected chi connectivity index (χ3v) is 2.97. The molecule has 0 amide bonds. The van der Waals surface area contributed by atoms with Gasteiger partial charge in [0.15, 0.2) is 5.69 Å². The van der Waals surface area contributed by atoms with E-state index in [1.54, 1.807) is 24.3 Å². The second kappa shape index (κ2) is 5.56. The fraction of sp³-hybridized carbons (Fsp3) is 0.182. The molecule has 2 rings (SSSR count). The number of nitrogens with zero attached hydrogens (tertiary/aromatic N) is 3. The maximum absolute atomic E-state index is 11.0. The fourth-order valence-electron chi connectivity index (χ4n) is 1.62. The zero-order chi connectivity index (χ0) is 14.0. The van der Waals surface area contributed by atoms with Gasteiger partial charge in [0.1, 0.15) is 0 Å². The minimum Gasteiger partial charge on any atom is -0.378 e. The number of halogens is 2. The van der Waals surface area contributed by atoms with Gasteiger partial charge in [0.25, 0.3) is 0 Å². The Kier molecular flexibility index (Phi) is 4.04. The molecule has 0 saturated heterocycles. The summed E-state index contributed by atoms with van der Waals surface area (Å²) in [5, 5.41) is 15.5. The molecule has 0 N–H and O–H groups in total. The highest BCUT2D eigenvalue weighted by Crippen LogP contribution is 2.31. The van der Waals surface area contributed by atoms with E-state index in [4.69, 9.17) is 27.9 Å². The van der Waals surface area contributed by atoms with Crippen LogP contribution >= 0.6 is 23.2 Å². The highest BCUT2D eigenvalue weighted by Gasteiger charge is 2.27. The Morgan fingerprint density at radius 2 is 2.21 bits per heavy atom. The van der Waals surface area contributed by atoms with E-state index >= 15 is 0 Å². The Hall–Kier alpha value is -1.63. The van der Waals surface area contributed by atoms with Crippen LogP contribution in [0.15, 0.2) is 24.3 Å². The van der Waals surface area contributed by atoms with Crippen LogP contribution in [0.2, 0.25) is 10.2 Å². The monoisotopic (exact) mass is 301 g/mol. The van der Waals surface area contributed by atoms with Crippen LogP contribution in [-0.2, 0) is 11.3 Å². The van der Waals surface area contributed by atoms with E-state index in [1.165, 1.54) is 11.8 Å². The summed E-state index contributed by atoms with van der Waals surface area (Å²) in [5.41, 5.74) is 0.448. The average Bonchev–Trinajstić information content (AvgIpc) is 2.67. The third kappa shape index (κ3) is 2.70. The van der Waals surface area contributed by atoms with E-state index < -0.39 is 4.92 Å². The minimum absolute atomic E-state index is 0.00357. The first-order valence-corrected chi connectivity index (χ1v) is 5.97.